The molecule has 0 bridgehead atoms. The molecule has 1 aromatic rings. The Labute approximate surface area is 125 Å². The molecule has 0 radical (unpaired) electrons. The highest BCUT2D eigenvalue weighted by molar-refractivity contribution is 5.77. The molecule has 0 aliphatic carbocycles. The maximum absolute atomic E-state index is 11.8. The highest BCUT2D eigenvalue weighted by atomic mass is 16.5. The highest BCUT2D eigenvalue weighted by Gasteiger charge is 2.11. The summed E-state index contributed by atoms with van der Waals surface area (Å²) in [4.78, 5) is 24.4. The second-order valence-electron chi connectivity index (χ2n) is 4.99. The number of methoxy groups -OCH3 is 1. The maximum Gasteiger partial charge on any atom is 0.307 e. The van der Waals surface area contributed by atoms with Gasteiger partial charge in [-0.2, -0.15) is 0 Å². The first-order valence-corrected chi connectivity index (χ1v) is 6.95. The predicted molar refractivity (Wildman–Crippen MR) is 80.3 cm³/mol. The van der Waals surface area contributed by atoms with Gasteiger partial charge in [0.05, 0.1) is 26.6 Å². The second-order valence-corrected chi connectivity index (χ2v) is 4.99. The number of benzene rings is 1. The van der Waals surface area contributed by atoms with Crippen LogP contribution in [-0.4, -0.2) is 44.1 Å². The van der Waals surface area contributed by atoms with Gasteiger partial charge < -0.3 is 14.4 Å². The van der Waals surface area contributed by atoms with Crippen molar-refractivity contribution in [2.45, 2.75) is 26.7 Å². The fourth-order valence-electron chi connectivity index (χ4n) is 1.74. The lowest BCUT2D eigenvalue weighted by Gasteiger charge is -2.16. The van der Waals surface area contributed by atoms with Crippen molar-refractivity contribution in [2.75, 3.05) is 27.3 Å². The number of rotatable bonds is 7. The van der Waals surface area contributed by atoms with Gasteiger partial charge in [-0.05, 0) is 37.1 Å². The number of carbonyl (C=O) groups is 2. The van der Waals surface area contributed by atoms with Gasteiger partial charge in [0.15, 0.2) is 0 Å². The molecule has 21 heavy (non-hydrogen) atoms. The molecule has 0 atom stereocenters. The van der Waals surface area contributed by atoms with Crippen molar-refractivity contribution in [3.63, 3.8) is 0 Å². The molecule has 1 amide bonds. The molecule has 0 aliphatic rings. The van der Waals surface area contributed by atoms with Crippen molar-refractivity contribution >= 4 is 11.9 Å². The number of amides is 1. The van der Waals surface area contributed by atoms with Crippen LogP contribution in [0, 0.1) is 13.8 Å². The predicted octanol–water partition coefficient (Wildman–Crippen LogP) is 2.09. The monoisotopic (exact) mass is 293 g/mol. The molecular formula is C16H23NO4. The molecule has 0 heterocycles. The fourth-order valence-corrected chi connectivity index (χ4v) is 1.74. The van der Waals surface area contributed by atoms with Gasteiger partial charge in [-0.1, -0.05) is 6.07 Å². The SMILES string of the molecule is COC(=O)CCN(C)C(=O)CCOc1ccc(C)c(C)c1. The Hall–Kier alpha value is -2.04. The lowest BCUT2D eigenvalue weighted by molar-refractivity contribution is -0.141. The standard InChI is InChI=1S/C16H23NO4/c1-12-5-6-14(11-13(12)2)21-10-8-15(18)17(3)9-7-16(19)20-4/h5-6,11H,7-10H2,1-4H3. The van der Waals surface area contributed by atoms with Gasteiger partial charge in [-0.3, -0.25) is 9.59 Å². The van der Waals surface area contributed by atoms with Crippen LogP contribution < -0.4 is 4.74 Å². The lowest BCUT2D eigenvalue weighted by Crippen LogP contribution is -2.30. The molecule has 1 aromatic carbocycles. The summed E-state index contributed by atoms with van der Waals surface area (Å²) in [6.45, 7) is 4.74. The van der Waals surface area contributed by atoms with Crippen LogP contribution in [0.2, 0.25) is 0 Å². The molecule has 0 fully saturated rings. The van der Waals surface area contributed by atoms with Crippen molar-refractivity contribution in [3.8, 4) is 5.75 Å². The first-order valence-electron chi connectivity index (χ1n) is 6.95. The summed E-state index contributed by atoms with van der Waals surface area (Å²) in [5, 5.41) is 0. The molecule has 0 spiro atoms. The van der Waals surface area contributed by atoms with Crippen molar-refractivity contribution in [3.05, 3.63) is 29.3 Å². The Kier molecular flexibility index (Phi) is 6.72. The minimum absolute atomic E-state index is 0.0530. The number of carbonyl (C=O) groups excluding carboxylic acids is 2. The zero-order valence-electron chi connectivity index (χ0n) is 13.1. The smallest absolute Gasteiger partial charge is 0.307 e. The molecule has 0 N–H and O–H groups in total. The molecule has 5 heteroatoms. The molecular weight excluding hydrogens is 270 g/mol. The van der Waals surface area contributed by atoms with Crippen molar-refractivity contribution in [1.82, 2.24) is 4.90 Å². The quantitative estimate of drug-likeness (QED) is 0.722. The van der Waals surface area contributed by atoms with Crippen molar-refractivity contribution in [1.29, 1.82) is 0 Å². The van der Waals surface area contributed by atoms with Crippen LogP contribution in [0.25, 0.3) is 0 Å². The Morgan fingerprint density at radius 3 is 2.48 bits per heavy atom. The third kappa shape index (κ3) is 5.85. The minimum Gasteiger partial charge on any atom is -0.493 e. The zero-order valence-corrected chi connectivity index (χ0v) is 13.1. The number of nitrogens with zero attached hydrogens (tertiary/aromatic N) is 1. The van der Waals surface area contributed by atoms with Crippen molar-refractivity contribution in [2.24, 2.45) is 0 Å². The van der Waals surface area contributed by atoms with E-state index in [2.05, 4.69) is 4.74 Å². The first kappa shape index (κ1) is 17.0. The summed E-state index contributed by atoms with van der Waals surface area (Å²) >= 11 is 0. The Bertz CT molecular complexity index is 499. The van der Waals surface area contributed by atoms with E-state index >= 15 is 0 Å². The van der Waals surface area contributed by atoms with Gasteiger partial charge in [0.25, 0.3) is 0 Å². The summed E-state index contributed by atoms with van der Waals surface area (Å²) in [7, 11) is 3.00. The normalized spacial score (nSPS) is 10.1. The minimum atomic E-state index is -0.318. The largest absolute Gasteiger partial charge is 0.493 e. The van der Waals surface area contributed by atoms with Crippen LogP contribution in [0.3, 0.4) is 0 Å². The van der Waals surface area contributed by atoms with Gasteiger partial charge in [0.1, 0.15) is 5.75 Å². The van der Waals surface area contributed by atoms with Gasteiger partial charge in [0, 0.05) is 13.6 Å². The maximum atomic E-state index is 11.8. The third-order valence-corrected chi connectivity index (χ3v) is 3.37. The van der Waals surface area contributed by atoms with Crippen molar-refractivity contribution < 1.29 is 19.1 Å². The van der Waals surface area contributed by atoms with E-state index in [1.807, 2.05) is 32.0 Å². The lowest BCUT2D eigenvalue weighted by atomic mass is 10.1. The average molecular weight is 293 g/mol. The summed E-state index contributed by atoms with van der Waals surface area (Å²) in [6.07, 6.45) is 0.487. The van der Waals surface area contributed by atoms with Crippen LogP contribution in [-0.2, 0) is 14.3 Å². The molecule has 5 nitrogen and oxygen atoms in total. The second kappa shape index (κ2) is 8.29. The molecule has 1 rings (SSSR count). The molecule has 0 saturated heterocycles. The summed E-state index contributed by atoms with van der Waals surface area (Å²) in [5.74, 6) is 0.395. The molecule has 116 valence electrons. The van der Waals surface area contributed by atoms with E-state index in [0.717, 1.165) is 11.3 Å². The summed E-state index contributed by atoms with van der Waals surface area (Å²) in [5.41, 5.74) is 2.37. The van der Waals surface area contributed by atoms with E-state index in [1.54, 1.807) is 7.05 Å². The summed E-state index contributed by atoms with van der Waals surface area (Å²) in [6, 6.07) is 5.85. The van der Waals surface area contributed by atoms with E-state index in [0.29, 0.717) is 13.2 Å². The topological polar surface area (TPSA) is 55.8 Å². The Morgan fingerprint density at radius 1 is 1.14 bits per heavy atom. The van der Waals surface area contributed by atoms with Crippen LogP contribution in [0.1, 0.15) is 24.0 Å². The van der Waals surface area contributed by atoms with E-state index < -0.39 is 0 Å². The third-order valence-electron chi connectivity index (χ3n) is 3.37. The van der Waals surface area contributed by atoms with E-state index in [9.17, 15) is 9.59 Å². The zero-order chi connectivity index (χ0) is 15.8. The molecule has 0 unspecified atom stereocenters. The van der Waals surface area contributed by atoms with Crippen LogP contribution in [0.5, 0.6) is 5.75 Å². The van der Waals surface area contributed by atoms with E-state index in [1.165, 1.54) is 17.6 Å². The fraction of sp³-hybridized carbons (Fsp3) is 0.500. The van der Waals surface area contributed by atoms with Gasteiger partial charge in [-0.15, -0.1) is 0 Å². The highest BCUT2D eigenvalue weighted by Crippen LogP contribution is 2.16. The van der Waals surface area contributed by atoms with Crippen LogP contribution in [0.4, 0.5) is 0 Å². The Balaban J connectivity index is 2.32. The molecule has 0 aromatic heterocycles. The number of aryl methyl sites for hydroxylation is 2. The van der Waals surface area contributed by atoms with Gasteiger partial charge in [-0.25, -0.2) is 0 Å². The van der Waals surface area contributed by atoms with Gasteiger partial charge in [0.2, 0.25) is 5.91 Å². The van der Waals surface area contributed by atoms with Gasteiger partial charge >= 0.3 is 5.97 Å². The average Bonchev–Trinajstić information content (AvgIpc) is 2.47. The molecule has 0 aliphatic heterocycles. The number of ether oxygens (including phenoxy) is 2. The number of hydrogen-bond donors (Lipinski definition) is 0. The number of esters is 1. The molecule has 0 saturated carbocycles. The van der Waals surface area contributed by atoms with E-state index in [-0.39, 0.29) is 24.7 Å². The Morgan fingerprint density at radius 2 is 1.86 bits per heavy atom. The van der Waals surface area contributed by atoms with Crippen LogP contribution >= 0.6 is 0 Å². The summed E-state index contributed by atoms with van der Waals surface area (Å²) < 4.78 is 10.1. The van der Waals surface area contributed by atoms with Crippen LogP contribution in [0.15, 0.2) is 18.2 Å². The number of hydrogen-bond acceptors (Lipinski definition) is 4. The first-order chi connectivity index (χ1) is 9.93. The van der Waals surface area contributed by atoms with E-state index in [4.69, 9.17) is 4.74 Å².